The number of benzene rings is 2. The monoisotopic (exact) mass is 442 g/mol. The summed E-state index contributed by atoms with van der Waals surface area (Å²) in [7, 11) is -2.89. The number of aliphatic hydroxyl groups is 1. The Morgan fingerprint density at radius 3 is 2.61 bits per heavy atom. The van der Waals surface area contributed by atoms with Crippen LogP contribution in [0.2, 0.25) is 0 Å². The van der Waals surface area contributed by atoms with Crippen molar-refractivity contribution in [3.8, 4) is 11.1 Å². The van der Waals surface area contributed by atoms with Crippen LogP contribution in [0.3, 0.4) is 0 Å². The van der Waals surface area contributed by atoms with Gasteiger partial charge in [-0.2, -0.15) is 0 Å². The molecular formula is C23H27N2O5P. The zero-order valence-electron chi connectivity index (χ0n) is 17.2. The first-order chi connectivity index (χ1) is 15.1. The van der Waals surface area contributed by atoms with Crippen LogP contribution in [0.15, 0.2) is 54.7 Å². The van der Waals surface area contributed by atoms with Crippen molar-refractivity contribution in [2.24, 2.45) is 0 Å². The van der Waals surface area contributed by atoms with Crippen molar-refractivity contribution in [3.63, 3.8) is 0 Å². The Morgan fingerprint density at radius 1 is 1.06 bits per heavy atom. The van der Waals surface area contributed by atoms with E-state index >= 15 is 0 Å². The van der Waals surface area contributed by atoms with Crippen molar-refractivity contribution in [1.29, 1.82) is 0 Å². The molecule has 0 aliphatic carbocycles. The number of pyridine rings is 1. The zero-order valence-corrected chi connectivity index (χ0v) is 18.2. The number of fused-ring (bicyclic) bond motifs is 1. The molecule has 0 aliphatic heterocycles. The van der Waals surface area contributed by atoms with E-state index in [4.69, 9.17) is 4.89 Å². The van der Waals surface area contributed by atoms with E-state index in [9.17, 15) is 14.5 Å². The SMILES string of the molecule is O=C(Cc1cnc2c(CCO)cccc2c1-c1ccccc1)NCCCCO[PH](=O)O. The Labute approximate surface area is 182 Å². The van der Waals surface area contributed by atoms with Crippen molar-refractivity contribution in [1.82, 2.24) is 10.3 Å². The van der Waals surface area contributed by atoms with Crippen LogP contribution in [0.25, 0.3) is 22.0 Å². The second-order valence-corrected chi connectivity index (χ2v) is 7.98. The van der Waals surface area contributed by atoms with Crippen molar-refractivity contribution < 1.29 is 23.9 Å². The number of nitrogens with one attached hydrogen (secondary N) is 1. The number of rotatable bonds is 11. The maximum Gasteiger partial charge on any atom is 0.316 e. The number of aromatic nitrogens is 1. The number of aliphatic hydroxyl groups excluding tert-OH is 1. The molecule has 8 heteroatoms. The van der Waals surface area contributed by atoms with Gasteiger partial charge in [-0.25, -0.2) is 0 Å². The second kappa shape index (κ2) is 11.7. The molecule has 3 aromatic rings. The van der Waals surface area contributed by atoms with Crippen LogP contribution >= 0.6 is 8.25 Å². The number of para-hydroxylation sites is 1. The molecule has 0 saturated carbocycles. The molecule has 0 saturated heterocycles. The minimum Gasteiger partial charge on any atom is -0.396 e. The molecule has 1 aromatic heterocycles. The zero-order chi connectivity index (χ0) is 22.1. The Bertz CT molecular complexity index is 1040. The number of amides is 1. The van der Waals surface area contributed by atoms with Crippen LogP contribution < -0.4 is 5.32 Å². The smallest absolute Gasteiger partial charge is 0.316 e. The minimum atomic E-state index is -2.89. The molecule has 1 unspecified atom stereocenters. The van der Waals surface area contributed by atoms with E-state index < -0.39 is 8.25 Å². The summed E-state index contributed by atoms with van der Waals surface area (Å²) in [5.74, 6) is -0.110. The summed E-state index contributed by atoms with van der Waals surface area (Å²) in [6.45, 7) is 0.718. The molecule has 1 amide bonds. The number of carbonyl (C=O) groups is 1. The van der Waals surface area contributed by atoms with E-state index in [1.807, 2.05) is 48.5 Å². The molecule has 0 fully saturated rings. The predicted molar refractivity (Wildman–Crippen MR) is 121 cm³/mol. The fourth-order valence-electron chi connectivity index (χ4n) is 3.58. The van der Waals surface area contributed by atoms with Crippen molar-refractivity contribution in [2.75, 3.05) is 19.8 Å². The van der Waals surface area contributed by atoms with Gasteiger partial charge in [0, 0.05) is 24.7 Å². The molecule has 7 nitrogen and oxygen atoms in total. The molecule has 3 N–H and O–H groups in total. The average Bonchev–Trinajstić information content (AvgIpc) is 2.76. The highest BCUT2D eigenvalue weighted by molar-refractivity contribution is 7.32. The molecule has 0 spiro atoms. The summed E-state index contributed by atoms with van der Waals surface area (Å²) in [4.78, 5) is 25.8. The molecule has 0 radical (unpaired) electrons. The summed E-state index contributed by atoms with van der Waals surface area (Å²) >= 11 is 0. The standard InChI is InChI=1S/C23H27N2O5P/c26-13-11-18-9-6-10-20-22(17-7-2-1-3-8-17)19(16-25-23(18)20)15-21(27)24-12-4-5-14-30-31(28)29/h1-3,6-10,16,26,31H,4-5,11-15H2,(H,24,27)(H,28,29). The molecule has 164 valence electrons. The lowest BCUT2D eigenvalue weighted by atomic mass is 9.93. The van der Waals surface area contributed by atoms with Gasteiger partial charge in [-0.05, 0) is 41.5 Å². The van der Waals surface area contributed by atoms with E-state index in [1.165, 1.54) is 0 Å². The number of hydrogen-bond acceptors (Lipinski definition) is 5. The van der Waals surface area contributed by atoms with Gasteiger partial charge in [0.05, 0.1) is 18.5 Å². The van der Waals surface area contributed by atoms with Crippen LogP contribution in [0.1, 0.15) is 24.0 Å². The van der Waals surface area contributed by atoms with Gasteiger partial charge in [0.15, 0.2) is 0 Å². The highest BCUT2D eigenvalue weighted by Crippen LogP contribution is 2.32. The second-order valence-electron chi connectivity index (χ2n) is 7.16. The van der Waals surface area contributed by atoms with Gasteiger partial charge in [-0.1, -0.05) is 48.5 Å². The van der Waals surface area contributed by atoms with Crippen molar-refractivity contribution >= 4 is 25.1 Å². The third-order valence-corrected chi connectivity index (χ3v) is 5.42. The third-order valence-electron chi connectivity index (χ3n) is 4.97. The topological polar surface area (TPSA) is 109 Å². The van der Waals surface area contributed by atoms with Crippen LogP contribution in [-0.2, 0) is 26.7 Å². The molecule has 1 atom stereocenters. The molecule has 1 heterocycles. The fraction of sp³-hybridized carbons (Fsp3) is 0.304. The lowest BCUT2D eigenvalue weighted by Gasteiger charge is -2.15. The van der Waals surface area contributed by atoms with Gasteiger partial charge < -0.3 is 19.8 Å². The van der Waals surface area contributed by atoms with Crippen LogP contribution in [0.5, 0.6) is 0 Å². The van der Waals surface area contributed by atoms with Crippen molar-refractivity contribution in [3.05, 3.63) is 65.9 Å². The summed E-state index contributed by atoms with van der Waals surface area (Å²) in [5.41, 5.74) is 4.63. The Hall–Kier alpha value is -2.57. The van der Waals surface area contributed by atoms with E-state index in [1.54, 1.807) is 6.20 Å². The summed E-state index contributed by atoms with van der Waals surface area (Å²) in [6, 6.07) is 15.8. The van der Waals surface area contributed by atoms with Gasteiger partial charge >= 0.3 is 8.25 Å². The molecule has 3 rings (SSSR count). The third kappa shape index (κ3) is 6.45. The molecule has 31 heavy (non-hydrogen) atoms. The number of carbonyl (C=O) groups excluding carboxylic acids is 1. The number of hydrogen-bond donors (Lipinski definition) is 3. The first-order valence-corrected chi connectivity index (χ1v) is 11.5. The van der Waals surface area contributed by atoms with Gasteiger partial charge in [0.2, 0.25) is 5.91 Å². The Morgan fingerprint density at radius 2 is 1.87 bits per heavy atom. The minimum absolute atomic E-state index is 0.0477. The highest BCUT2D eigenvalue weighted by atomic mass is 31.1. The number of nitrogens with zero attached hydrogens (tertiary/aromatic N) is 1. The van der Waals surface area contributed by atoms with Gasteiger partial charge in [-0.3, -0.25) is 14.3 Å². The quantitative estimate of drug-likeness (QED) is 0.311. The van der Waals surface area contributed by atoms with Crippen LogP contribution in [0.4, 0.5) is 0 Å². The van der Waals surface area contributed by atoms with E-state index in [0.717, 1.165) is 33.2 Å². The van der Waals surface area contributed by atoms with E-state index in [-0.39, 0.29) is 25.5 Å². The first-order valence-electron chi connectivity index (χ1n) is 10.3. The Kier molecular flexibility index (Phi) is 8.74. The lowest BCUT2D eigenvalue weighted by Crippen LogP contribution is -2.26. The molecule has 2 aromatic carbocycles. The van der Waals surface area contributed by atoms with Gasteiger partial charge in [-0.15, -0.1) is 0 Å². The molecular weight excluding hydrogens is 415 g/mol. The lowest BCUT2D eigenvalue weighted by molar-refractivity contribution is -0.120. The van der Waals surface area contributed by atoms with Crippen LogP contribution in [-0.4, -0.2) is 40.6 Å². The molecule has 0 bridgehead atoms. The summed E-state index contributed by atoms with van der Waals surface area (Å²) in [5, 5.41) is 13.2. The largest absolute Gasteiger partial charge is 0.396 e. The fourth-order valence-corrected chi connectivity index (χ4v) is 3.90. The normalized spacial score (nSPS) is 12.1. The summed E-state index contributed by atoms with van der Waals surface area (Å²) in [6.07, 6.45) is 3.72. The predicted octanol–water partition coefficient (Wildman–Crippen LogP) is 3.27. The van der Waals surface area contributed by atoms with Gasteiger partial charge in [0.25, 0.3) is 0 Å². The average molecular weight is 442 g/mol. The van der Waals surface area contributed by atoms with E-state index in [0.29, 0.717) is 25.8 Å². The maximum absolute atomic E-state index is 12.6. The Balaban J connectivity index is 1.80. The van der Waals surface area contributed by atoms with Crippen LogP contribution in [0, 0.1) is 0 Å². The van der Waals surface area contributed by atoms with Gasteiger partial charge in [0.1, 0.15) is 0 Å². The first kappa shape index (κ1) is 23.1. The highest BCUT2D eigenvalue weighted by Gasteiger charge is 2.15. The van der Waals surface area contributed by atoms with E-state index in [2.05, 4.69) is 14.8 Å². The maximum atomic E-state index is 12.6. The number of unbranched alkanes of at least 4 members (excludes halogenated alkanes) is 1. The summed E-state index contributed by atoms with van der Waals surface area (Å²) < 4.78 is 15.2. The molecule has 0 aliphatic rings. The van der Waals surface area contributed by atoms with Crippen molar-refractivity contribution in [2.45, 2.75) is 25.7 Å².